The SMILES string of the molecule is CC(C)CC(=O)NCc1nc2ccccc2c(=O)n1C. The maximum atomic E-state index is 12.2. The van der Waals surface area contributed by atoms with Crippen LogP contribution >= 0.6 is 0 Å². The van der Waals surface area contributed by atoms with Gasteiger partial charge in [-0.05, 0) is 18.1 Å². The van der Waals surface area contributed by atoms with Crippen LogP contribution in [0, 0.1) is 5.92 Å². The second-order valence-electron chi connectivity index (χ2n) is 5.28. The monoisotopic (exact) mass is 273 g/mol. The van der Waals surface area contributed by atoms with Gasteiger partial charge in [-0.2, -0.15) is 0 Å². The lowest BCUT2D eigenvalue weighted by atomic mass is 10.1. The summed E-state index contributed by atoms with van der Waals surface area (Å²) in [6, 6.07) is 7.22. The molecule has 0 unspecified atom stereocenters. The molecule has 0 spiro atoms. The van der Waals surface area contributed by atoms with E-state index in [4.69, 9.17) is 0 Å². The Hall–Kier alpha value is -2.17. The van der Waals surface area contributed by atoms with Gasteiger partial charge in [0.1, 0.15) is 5.82 Å². The van der Waals surface area contributed by atoms with E-state index >= 15 is 0 Å². The average Bonchev–Trinajstić information content (AvgIpc) is 2.40. The number of carbonyl (C=O) groups excluding carboxylic acids is 1. The van der Waals surface area contributed by atoms with Gasteiger partial charge in [-0.15, -0.1) is 0 Å². The van der Waals surface area contributed by atoms with Crippen molar-refractivity contribution < 1.29 is 4.79 Å². The average molecular weight is 273 g/mol. The van der Waals surface area contributed by atoms with Crippen molar-refractivity contribution in [2.75, 3.05) is 0 Å². The highest BCUT2D eigenvalue weighted by molar-refractivity contribution is 5.78. The molecule has 0 saturated carbocycles. The van der Waals surface area contributed by atoms with Crippen molar-refractivity contribution in [3.8, 4) is 0 Å². The largest absolute Gasteiger partial charge is 0.349 e. The molecule has 5 heteroatoms. The zero-order chi connectivity index (χ0) is 14.7. The van der Waals surface area contributed by atoms with E-state index in [1.165, 1.54) is 4.57 Å². The Morgan fingerprint density at radius 3 is 2.75 bits per heavy atom. The number of para-hydroxylation sites is 1. The third-order valence-corrected chi connectivity index (χ3v) is 3.11. The maximum absolute atomic E-state index is 12.2. The Morgan fingerprint density at radius 2 is 2.05 bits per heavy atom. The highest BCUT2D eigenvalue weighted by atomic mass is 16.1. The molecule has 0 radical (unpaired) electrons. The van der Waals surface area contributed by atoms with E-state index in [1.807, 2.05) is 26.0 Å². The Bertz CT molecular complexity index is 689. The summed E-state index contributed by atoms with van der Waals surface area (Å²) in [5.41, 5.74) is 0.562. The van der Waals surface area contributed by atoms with E-state index in [-0.39, 0.29) is 18.0 Å². The van der Waals surface area contributed by atoms with E-state index in [0.717, 1.165) is 0 Å². The molecule has 0 aliphatic heterocycles. The topological polar surface area (TPSA) is 64.0 Å². The Morgan fingerprint density at radius 1 is 1.35 bits per heavy atom. The second-order valence-corrected chi connectivity index (χ2v) is 5.28. The van der Waals surface area contributed by atoms with E-state index in [2.05, 4.69) is 10.3 Å². The predicted molar refractivity (Wildman–Crippen MR) is 78.3 cm³/mol. The maximum Gasteiger partial charge on any atom is 0.261 e. The molecule has 0 aliphatic carbocycles. The minimum absolute atomic E-state index is 0.0255. The van der Waals surface area contributed by atoms with Gasteiger partial charge < -0.3 is 5.32 Å². The van der Waals surface area contributed by atoms with Crippen LogP contribution in [0.2, 0.25) is 0 Å². The summed E-state index contributed by atoms with van der Waals surface area (Å²) >= 11 is 0. The third-order valence-electron chi connectivity index (χ3n) is 3.11. The molecule has 0 atom stereocenters. The fourth-order valence-electron chi connectivity index (χ4n) is 2.04. The molecule has 1 aromatic carbocycles. The summed E-state index contributed by atoms with van der Waals surface area (Å²) < 4.78 is 1.48. The summed E-state index contributed by atoms with van der Waals surface area (Å²) in [6.45, 7) is 4.25. The number of hydrogen-bond donors (Lipinski definition) is 1. The normalized spacial score (nSPS) is 11.0. The lowest BCUT2D eigenvalue weighted by Gasteiger charge is -2.11. The van der Waals surface area contributed by atoms with E-state index < -0.39 is 0 Å². The number of nitrogens with zero attached hydrogens (tertiary/aromatic N) is 2. The fourth-order valence-corrected chi connectivity index (χ4v) is 2.04. The first-order chi connectivity index (χ1) is 9.49. The quantitative estimate of drug-likeness (QED) is 0.920. The lowest BCUT2D eigenvalue weighted by molar-refractivity contribution is -0.122. The van der Waals surface area contributed by atoms with E-state index in [9.17, 15) is 9.59 Å². The number of amides is 1. The molecule has 1 amide bonds. The van der Waals surface area contributed by atoms with Crippen LogP contribution in [0.1, 0.15) is 26.1 Å². The number of hydrogen-bond acceptors (Lipinski definition) is 3. The minimum atomic E-state index is -0.0938. The van der Waals surface area contributed by atoms with Crippen LogP contribution < -0.4 is 10.9 Å². The van der Waals surface area contributed by atoms with E-state index in [1.54, 1.807) is 19.2 Å². The first-order valence-electron chi connectivity index (χ1n) is 6.70. The molecule has 0 aliphatic rings. The van der Waals surface area contributed by atoms with E-state index in [0.29, 0.717) is 29.1 Å². The standard InChI is InChI=1S/C15H19N3O2/c1-10(2)8-14(19)16-9-13-17-12-7-5-4-6-11(12)15(20)18(13)3/h4-7,10H,8-9H2,1-3H3,(H,16,19). The summed E-state index contributed by atoms with van der Waals surface area (Å²) in [4.78, 5) is 28.3. The van der Waals surface area contributed by atoms with Crippen LogP contribution in [-0.2, 0) is 18.4 Å². The third kappa shape index (κ3) is 3.04. The van der Waals surface area contributed by atoms with Gasteiger partial charge in [-0.1, -0.05) is 26.0 Å². The molecule has 2 aromatic rings. The smallest absolute Gasteiger partial charge is 0.261 e. The Balaban J connectivity index is 2.25. The van der Waals surface area contributed by atoms with Crippen molar-refractivity contribution >= 4 is 16.8 Å². The number of benzene rings is 1. The number of fused-ring (bicyclic) bond motifs is 1. The second kappa shape index (κ2) is 5.86. The number of carbonyl (C=O) groups is 1. The van der Waals surface area contributed by atoms with Crippen molar-refractivity contribution in [2.45, 2.75) is 26.8 Å². The summed E-state index contributed by atoms with van der Waals surface area (Å²) in [7, 11) is 1.67. The first-order valence-corrected chi connectivity index (χ1v) is 6.70. The summed E-state index contributed by atoms with van der Waals surface area (Å²) in [5.74, 6) is 0.844. The Labute approximate surface area is 117 Å². The molecule has 1 N–H and O–H groups in total. The zero-order valence-corrected chi connectivity index (χ0v) is 12.0. The minimum Gasteiger partial charge on any atom is -0.349 e. The molecule has 20 heavy (non-hydrogen) atoms. The fraction of sp³-hybridized carbons (Fsp3) is 0.400. The van der Waals surface area contributed by atoms with Crippen molar-refractivity contribution in [1.82, 2.24) is 14.9 Å². The molecule has 5 nitrogen and oxygen atoms in total. The highest BCUT2D eigenvalue weighted by Crippen LogP contribution is 2.07. The molecule has 1 heterocycles. The zero-order valence-electron chi connectivity index (χ0n) is 12.0. The van der Waals surface area contributed by atoms with Crippen LogP contribution in [0.4, 0.5) is 0 Å². The van der Waals surface area contributed by atoms with Gasteiger partial charge in [0.15, 0.2) is 0 Å². The van der Waals surface area contributed by atoms with Crippen molar-refractivity contribution in [2.24, 2.45) is 13.0 Å². The van der Waals surface area contributed by atoms with Crippen molar-refractivity contribution in [1.29, 1.82) is 0 Å². The van der Waals surface area contributed by atoms with Gasteiger partial charge in [0.05, 0.1) is 17.4 Å². The molecule has 106 valence electrons. The first kappa shape index (κ1) is 14.2. The van der Waals surface area contributed by atoms with Crippen molar-refractivity contribution in [3.05, 3.63) is 40.4 Å². The number of rotatable bonds is 4. The molecule has 0 bridgehead atoms. The Kier molecular flexibility index (Phi) is 4.17. The molecular formula is C15H19N3O2. The predicted octanol–water partition coefficient (Wildman–Crippen LogP) is 1.60. The molecule has 2 rings (SSSR count). The molecule has 0 fully saturated rings. The molecule has 0 saturated heterocycles. The summed E-state index contributed by atoms with van der Waals surface area (Å²) in [5, 5.41) is 3.39. The van der Waals surface area contributed by atoms with Crippen LogP contribution in [0.15, 0.2) is 29.1 Å². The number of aromatic nitrogens is 2. The van der Waals surface area contributed by atoms with Crippen molar-refractivity contribution in [3.63, 3.8) is 0 Å². The van der Waals surface area contributed by atoms with Gasteiger partial charge in [0.25, 0.3) is 5.56 Å². The van der Waals surface area contributed by atoms with Gasteiger partial charge in [0, 0.05) is 13.5 Å². The van der Waals surface area contributed by atoms with Crippen LogP contribution in [0.25, 0.3) is 10.9 Å². The highest BCUT2D eigenvalue weighted by Gasteiger charge is 2.09. The molecule has 1 aromatic heterocycles. The van der Waals surface area contributed by atoms with Gasteiger partial charge in [-0.3, -0.25) is 14.2 Å². The molecular weight excluding hydrogens is 254 g/mol. The van der Waals surface area contributed by atoms with Crippen LogP contribution in [0.5, 0.6) is 0 Å². The van der Waals surface area contributed by atoms with Gasteiger partial charge >= 0.3 is 0 Å². The number of nitrogens with one attached hydrogen (secondary N) is 1. The lowest BCUT2D eigenvalue weighted by Crippen LogP contribution is -2.30. The summed E-state index contributed by atoms with van der Waals surface area (Å²) in [6.07, 6.45) is 0.474. The van der Waals surface area contributed by atoms with Gasteiger partial charge in [-0.25, -0.2) is 4.98 Å². The van der Waals surface area contributed by atoms with Gasteiger partial charge in [0.2, 0.25) is 5.91 Å². The van der Waals surface area contributed by atoms with Crippen LogP contribution in [0.3, 0.4) is 0 Å². The van der Waals surface area contributed by atoms with Crippen LogP contribution in [-0.4, -0.2) is 15.5 Å².